The first-order valence-electron chi connectivity index (χ1n) is 6.19. The third kappa shape index (κ3) is 3.03. The first-order chi connectivity index (χ1) is 9.63. The van der Waals surface area contributed by atoms with Crippen LogP contribution in [0.3, 0.4) is 0 Å². The Bertz CT molecular complexity index is 566. The highest BCUT2D eigenvalue weighted by molar-refractivity contribution is 5.89. The first-order valence-corrected chi connectivity index (χ1v) is 6.19. The Morgan fingerprint density at radius 2 is 1.65 bits per heavy atom. The predicted octanol–water partition coefficient (Wildman–Crippen LogP) is 3.22. The van der Waals surface area contributed by atoms with Gasteiger partial charge in [-0.15, -0.1) is 0 Å². The summed E-state index contributed by atoms with van der Waals surface area (Å²) in [7, 11) is 1.29. The summed E-state index contributed by atoms with van der Waals surface area (Å²) in [6.45, 7) is 0. The topological polar surface area (TPSA) is 46.5 Å². The van der Waals surface area contributed by atoms with Gasteiger partial charge in [-0.05, 0) is 23.3 Å². The van der Waals surface area contributed by atoms with Gasteiger partial charge in [0.05, 0.1) is 12.7 Å². The zero-order valence-corrected chi connectivity index (χ0v) is 11.0. The molecule has 0 spiro atoms. The van der Waals surface area contributed by atoms with Crippen LogP contribution in [0.1, 0.15) is 33.8 Å². The molecule has 4 heteroatoms. The predicted molar refractivity (Wildman–Crippen MR) is 73.0 cm³/mol. The Morgan fingerprint density at radius 3 is 2.20 bits per heavy atom. The molecule has 2 rings (SSSR count). The molecule has 0 saturated carbocycles. The maximum atomic E-state index is 14.3. The molecule has 0 aliphatic rings. The molecule has 1 N–H and O–H groups in total. The van der Waals surface area contributed by atoms with Crippen LogP contribution in [0.5, 0.6) is 0 Å². The van der Waals surface area contributed by atoms with Gasteiger partial charge in [0.1, 0.15) is 6.10 Å². The number of hydrogen-bond donors (Lipinski definition) is 1. The van der Waals surface area contributed by atoms with Crippen molar-refractivity contribution < 1.29 is 19.0 Å². The van der Waals surface area contributed by atoms with E-state index in [0.717, 1.165) is 0 Å². The van der Waals surface area contributed by atoms with E-state index < -0.39 is 18.2 Å². The van der Waals surface area contributed by atoms with Crippen molar-refractivity contribution in [2.75, 3.05) is 7.11 Å². The van der Waals surface area contributed by atoms with Crippen LogP contribution >= 0.6 is 0 Å². The standard InChI is InChI=1S/C16H15FO3/c1-20-16(19)13-9-7-11(8-10-13)14(17)15(18)12-5-3-2-4-6-12/h2-10,14-15,18H,1H3/t14-,15-/m1/s1. The van der Waals surface area contributed by atoms with Gasteiger partial charge in [0.25, 0.3) is 0 Å². The molecule has 0 aromatic heterocycles. The van der Waals surface area contributed by atoms with Gasteiger partial charge in [-0.2, -0.15) is 0 Å². The summed E-state index contributed by atoms with van der Waals surface area (Å²) in [4.78, 5) is 11.3. The summed E-state index contributed by atoms with van der Waals surface area (Å²) in [6, 6.07) is 14.5. The summed E-state index contributed by atoms with van der Waals surface area (Å²) >= 11 is 0. The van der Waals surface area contributed by atoms with E-state index in [1.807, 2.05) is 0 Å². The van der Waals surface area contributed by atoms with Crippen molar-refractivity contribution in [3.63, 3.8) is 0 Å². The highest BCUT2D eigenvalue weighted by atomic mass is 19.1. The average Bonchev–Trinajstić information content (AvgIpc) is 2.53. The molecule has 104 valence electrons. The summed E-state index contributed by atoms with van der Waals surface area (Å²) < 4.78 is 18.8. The lowest BCUT2D eigenvalue weighted by molar-refractivity contribution is 0.0600. The van der Waals surface area contributed by atoms with E-state index in [2.05, 4.69) is 4.74 Å². The van der Waals surface area contributed by atoms with Crippen molar-refractivity contribution in [3.8, 4) is 0 Å². The Balaban J connectivity index is 2.17. The molecule has 0 heterocycles. The van der Waals surface area contributed by atoms with E-state index in [1.54, 1.807) is 30.3 Å². The average molecular weight is 274 g/mol. The van der Waals surface area contributed by atoms with Gasteiger partial charge in [0, 0.05) is 0 Å². The van der Waals surface area contributed by atoms with Crippen LogP contribution in [0.2, 0.25) is 0 Å². The molecule has 20 heavy (non-hydrogen) atoms. The van der Waals surface area contributed by atoms with E-state index >= 15 is 0 Å². The number of alkyl halides is 1. The molecule has 0 bridgehead atoms. The van der Waals surface area contributed by atoms with Crippen molar-refractivity contribution in [2.24, 2.45) is 0 Å². The van der Waals surface area contributed by atoms with E-state index in [0.29, 0.717) is 16.7 Å². The number of benzene rings is 2. The molecule has 0 unspecified atom stereocenters. The number of halogens is 1. The first kappa shape index (κ1) is 14.2. The van der Waals surface area contributed by atoms with Crippen LogP contribution in [0, 0.1) is 0 Å². The number of esters is 1. The fourth-order valence-electron chi connectivity index (χ4n) is 1.92. The van der Waals surface area contributed by atoms with Gasteiger partial charge in [0.2, 0.25) is 0 Å². The van der Waals surface area contributed by atoms with E-state index in [9.17, 15) is 14.3 Å². The lowest BCUT2D eigenvalue weighted by Crippen LogP contribution is -2.07. The molecule has 0 aliphatic carbocycles. The SMILES string of the molecule is COC(=O)c1ccc([C@@H](F)[C@H](O)c2ccccc2)cc1. The lowest BCUT2D eigenvalue weighted by Gasteiger charge is -2.16. The molecule has 0 saturated heterocycles. The van der Waals surface area contributed by atoms with Crippen molar-refractivity contribution in [1.82, 2.24) is 0 Å². The quantitative estimate of drug-likeness (QED) is 0.871. The number of carbonyl (C=O) groups is 1. The molecular formula is C16H15FO3. The third-order valence-electron chi connectivity index (χ3n) is 3.07. The second kappa shape index (κ2) is 6.30. The number of rotatable bonds is 4. The largest absolute Gasteiger partial charge is 0.465 e. The Labute approximate surface area is 116 Å². The Kier molecular flexibility index (Phi) is 4.48. The van der Waals surface area contributed by atoms with Gasteiger partial charge in [-0.1, -0.05) is 42.5 Å². The van der Waals surface area contributed by atoms with Crippen LogP contribution < -0.4 is 0 Å². The second-order valence-corrected chi connectivity index (χ2v) is 4.37. The minimum atomic E-state index is -1.55. The van der Waals surface area contributed by atoms with E-state index in [1.165, 1.54) is 31.4 Å². The minimum absolute atomic E-state index is 0.314. The lowest BCUT2D eigenvalue weighted by atomic mass is 9.99. The number of aliphatic hydroxyl groups is 1. The highest BCUT2D eigenvalue weighted by Gasteiger charge is 2.22. The van der Waals surface area contributed by atoms with Crippen LogP contribution in [0.4, 0.5) is 4.39 Å². The Hall–Kier alpha value is -2.20. The van der Waals surface area contributed by atoms with Crippen LogP contribution in [-0.2, 0) is 4.74 Å². The van der Waals surface area contributed by atoms with Crippen LogP contribution in [0.15, 0.2) is 54.6 Å². The monoisotopic (exact) mass is 274 g/mol. The smallest absolute Gasteiger partial charge is 0.337 e. The normalized spacial score (nSPS) is 13.6. The zero-order chi connectivity index (χ0) is 14.5. The number of ether oxygens (including phenoxy) is 1. The summed E-state index contributed by atoms with van der Waals surface area (Å²) in [5, 5.41) is 10.0. The number of methoxy groups -OCH3 is 1. The highest BCUT2D eigenvalue weighted by Crippen LogP contribution is 2.32. The van der Waals surface area contributed by atoms with Crippen LogP contribution in [0.25, 0.3) is 0 Å². The fraction of sp³-hybridized carbons (Fsp3) is 0.188. The maximum absolute atomic E-state index is 14.3. The molecule has 0 fully saturated rings. The zero-order valence-electron chi connectivity index (χ0n) is 11.0. The van der Waals surface area contributed by atoms with Gasteiger partial charge < -0.3 is 9.84 Å². The van der Waals surface area contributed by atoms with Crippen molar-refractivity contribution in [3.05, 3.63) is 71.3 Å². The number of carbonyl (C=O) groups excluding carboxylic acids is 1. The molecule has 0 radical (unpaired) electrons. The summed E-state index contributed by atoms with van der Waals surface area (Å²) in [5.41, 5.74) is 1.17. The third-order valence-corrected chi connectivity index (χ3v) is 3.07. The molecule has 2 aromatic rings. The van der Waals surface area contributed by atoms with Gasteiger partial charge in [0.15, 0.2) is 6.17 Å². The summed E-state index contributed by atoms with van der Waals surface area (Å²) in [5.74, 6) is -0.476. The Morgan fingerprint density at radius 1 is 1.05 bits per heavy atom. The molecule has 0 aliphatic heterocycles. The molecule has 2 aromatic carbocycles. The second-order valence-electron chi connectivity index (χ2n) is 4.37. The number of aliphatic hydroxyl groups excluding tert-OH is 1. The van der Waals surface area contributed by atoms with Crippen molar-refractivity contribution in [1.29, 1.82) is 0 Å². The van der Waals surface area contributed by atoms with Gasteiger partial charge in [-0.25, -0.2) is 9.18 Å². The number of hydrogen-bond acceptors (Lipinski definition) is 3. The van der Waals surface area contributed by atoms with Crippen molar-refractivity contribution >= 4 is 5.97 Å². The summed E-state index contributed by atoms with van der Waals surface area (Å²) in [6.07, 6.45) is -2.79. The van der Waals surface area contributed by atoms with Gasteiger partial charge >= 0.3 is 5.97 Å². The molecule has 2 atom stereocenters. The van der Waals surface area contributed by atoms with E-state index in [-0.39, 0.29) is 0 Å². The fourth-order valence-corrected chi connectivity index (χ4v) is 1.92. The van der Waals surface area contributed by atoms with Gasteiger partial charge in [-0.3, -0.25) is 0 Å². The van der Waals surface area contributed by atoms with Crippen LogP contribution in [-0.4, -0.2) is 18.2 Å². The van der Waals surface area contributed by atoms with Crippen molar-refractivity contribution in [2.45, 2.75) is 12.3 Å². The maximum Gasteiger partial charge on any atom is 0.337 e. The molecule has 0 amide bonds. The molecule has 3 nitrogen and oxygen atoms in total. The minimum Gasteiger partial charge on any atom is -0.465 e. The molecular weight excluding hydrogens is 259 g/mol. The van der Waals surface area contributed by atoms with E-state index in [4.69, 9.17) is 0 Å².